The summed E-state index contributed by atoms with van der Waals surface area (Å²) in [5.74, 6) is -0.828. The molecule has 1 aliphatic heterocycles. The Hall–Kier alpha value is -1.66. The van der Waals surface area contributed by atoms with Crippen molar-refractivity contribution in [2.45, 2.75) is 13.0 Å². The number of thiophene rings is 1. The van der Waals surface area contributed by atoms with Gasteiger partial charge in [-0.1, -0.05) is 0 Å². The number of amides is 1. The molecule has 0 bridgehead atoms. The summed E-state index contributed by atoms with van der Waals surface area (Å²) in [6, 6.07) is 3.92. The molecule has 1 fully saturated rings. The highest BCUT2D eigenvalue weighted by molar-refractivity contribution is 7.12. The Labute approximate surface area is 115 Å². The largest absolute Gasteiger partial charge is 0.478 e. The maximum Gasteiger partial charge on any atom is 0.328 e. The number of carbonyl (C=O) groups is 2. The molecule has 1 amide bonds. The van der Waals surface area contributed by atoms with E-state index in [9.17, 15) is 9.59 Å². The molecule has 1 aromatic rings. The standard InChI is InChI=1S/C13H16N2O3S/c16-12-5-7-15(8-6-14-12)9-11-2-1-10(19-11)3-4-13(17)18/h1-4H,5-9H2,(H,14,16)(H,17,18)/b4-3+. The average molecular weight is 280 g/mol. The predicted octanol–water partition coefficient (Wildman–Crippen LogP) is 1.17. The normalized spacial score (nSPS) is 17.4. The summed E-state index contributed by atoms with van der Waals surface area (Å²) in [5, 5.41) is 11.4. The Morgan fingerprint density at radius 2 is 2.32 bits per heavy atom. The van der Waals surface area contributed by atoms with Gasteiger partial charge >= 0.3 is 5.97 Å². The van der Waals surface area contributed by atoms with E-state index in [1.54, 1.807) is 17.4 Å². The SMILES string of the molecule is O=C(O)/C=C/c1ccc(CN2CCNC(=O)CC2)s1. The first kappa shape index (κ1) is 13.8. The molecule has 1 aliphatic rings. The minimum absolute atomic E-state index is 0.110. The molecule has 1 aromatic heterocycles. The fourth-order valence-electron chi connectivity index (χ4n) is 1.91. The Kier molecular flexibility index (Phi) is 4.70. The zero-order chi connectivity index (χ0) is 13.7. The summed E-state index contributed by atoms with van der Waals surface area (Å²) >= 11 is 1.58. The summed E-state index contributed by atoms with van der Waals surface area (Å²) in [4.78, 5) is 26.0. The second-order valence-corrected chi connectivity index (χ2v) is 5.55. The number of carboxylic acid groups (broad SMARTS) is 1. The second kappa shape index (κ2) is 6.49. The first-order chi connectivity index (χ1) is 9.13. The van der Waals surface area contributed by atoms with Gasteiger partial charge in [-0.2, -0.15) is 0 Å². The van der Waals surface area contributed by atoms with Gasteiger partial charge in [0.05, 0.1) is 0 Å². The van der Waals surface area contributed by atoms with Crippen molar-refractivity contribution in [2.24, 2.45) is 0 Å². The van der Waals surface area contributed by atoms with E-state index in [1.165, 1.54) is 4.88 Å². The van der Waals surface area contributed by atoms with Crippen LogP contribution in [0.4, 0.5) is 0 Å². The zero-order valence-electron chi connectivity index (χ0n) is 10.5. The van der Waals surface area contributed by atoms with E-state index >= 15 is 0 Å². The van der Waals surface area contributed by atoms with Crippen LogP contribution in [0.1, 0.15) is 16.2 Å². The Balaban J connectivity index is 1.92. The van der Waals surface area contributed by atoms with E-state index in [2.05, 4.69) is 10.2 Å². The Morgan fingerprint density at radius 3 is 3.11 bits per heavy atom. The third-order valence-electron chi connectivity index (χ3n) is 2.86. The van der Waals surface area contributed by atoms with Gasteiger partial charge < -0.3 is 10.4 Å². The topological polar surface area (TPSA) is 69.6 Å². The summed E-state index contributed by atoms with van der Waals surface area (Å²) in [5.41, 5.74) is 0. The lowest BCUT2D eigenvalue weighted by Crippen LogP contribution is -2.27. The van der Waals surface area contributed by atoms with E-state index in [4.69, 9.17) is 5.11 Å². The molecule has 0 spiro atoms. The molecule has 2 N–H and O–H groups in total. The number of hydrogen-bond acceptors (Lipinski definition) is 4. The third-order valence-corrected chi connectivity index (χ3v) is 3.89. The predicted molar refractivity (Wildman–Crippen MR) is 73.9 cm³/mol. The molecule has 6 heteroatoms. The number of hydrogen-bond donors (Lipinski definition) is 2. The molecule has 2 heterocycles. The van der Waals surface area contributed by atoms with Crippen LogP contribution < -0.4 is 5.32 Å². The molecule has 0 aromatic carbocycles. The number of carbonyl (C=O) groups excluding carboxylic acids is 1. The highest BCUT2D eigenvalue weighted by atomic mass is 32.1. The lowest BCUT2D eigenvalue weighted by Gasteiger charge is -2.17. The lowest BCUT2D eigenvalue weighted by atomic mass is 10.3. The van der Waals surface area contributed by atoms with Gasteiger partial charge in [-0.25, -0.2) is 4.79 Å². The molecule has 19 heavy (non-hydrogen) atoms. The van der Waals surface area contributed by atoms with Gasteiger partial charge in [0.1, 0.15) is 0 Å². The van der Waals surface area contributed by atoms with Crippen molar-refractivity contribution < 1.29 is 14.7 Å². The van der Waals surface area contributed by atoms with Crippen LogP contribution in [-0.4, -0.2) is 41.5 Å². The minimum atomic E-state index is -0.938. The van der Waals surface area contributed by atoms with Crippen molar-refractivity contribution in [3.63, 3.8) is 0 Å². The van der Waals surface area contributed by atoms with Crippen molar-refractivity contribution in [1.29, 1.82) is 0 Å². The molecule has 0 saturated carbocycles. The van der Waals surface area contributed by atoms with Gasteiger partial charge in [0.15, 0.2) is 0 Å². The first-order valence-electron chi connectivity index (χ1n) is 6.12. The van der Waals surface area contributed by atoms with Gasteiger partial charge in [-0.3, -0.25) is 9.69 Å². The Bertz CT molecular complexity index is 496. The van der Waals surface area contributed by atoms with Crippen LogP contribution in [0.2, 0.25) is 0 Å². The smallest absolute Gasteiger partial charge is 0.328 e. The van der Waals surface area contributed by atoms with Crippen LogP contribution in [0, 0.1) is 0 Å². The Morgan fingerprint density at radius 1 is 1.47 bits per heavy atom. The van der Waals surface area contributed by atoms with Crippen LogP contribution in [0.5, 0.6) is 0 Å². The van der Waals surface area contributed by atoms with Gasteiger partial charge in [-0.05, 0) is 18.2 Å². The third kappa shape index (κ3) is 4.50. The molecule has 0 unspecified atom stereocenters. The van der Waals surface area contributed by atoms with Crippen LogP contribution in [0.25, 0.3) is 6.08 Å². The van der Waals surface area contributed by atoms with Gasteiger partial charge in [-0.15, -0.1) is 11.3 Å². The number of rotatable bonds is 4. The van der Waals surface area contributed by atoms with E-state index in [-0.39, 0.29) is 5.91 Å². The number of aliphatic carboxylic acids is 1. The zero-order valence-corrected chi connectivity index (χ0v) is 11.3. The summed E-state index contributed by atoms with van der Waals surface area (Å²) in [6.45, 7) is 3.12. The van der Waals surface area contributed by atoms with Gasteiger partial charge in [0, 0.05) is 48.4 Å². The molecule has 102 valence electrons. The molecule has 0 radical (unpaired) electrons. The van der Waals surface area contributed by atoms with E-state index in [0.29, 0.717) is 13.0 Å². The maximum atomic E-state index is 11.2. The minimum Gasteiger partial charge on any atom is -0.478 e. The molecule has 0 atom stereocenters. The molecule has 1 saturated heterocycles. The van der Waals surface area contributed by atoms with E-state index < -0.39 is 5.97 Å². The van der Waals surface area contributed by atoms with Crippen molar-refractivity contribution in [1.82, 2.24) is 10.2 Å². The average Bonchev–Trinajstić information content (AvgIpc) is 2.71. The number of nitrogens with one attached hydrogen (secondary N) is 1. The van der Waals surface area contributed by atoms with Crippen molar-refractivity contribution in [3.8, 4) is 0 Å². The summed E-state index contributed by atoms with van der Waals surface area (Å²) in [6.07, 6.45) is 3.28. The number of nitrogens with zero attached hydrogens (tertiary/aromatic N) is 1. The van der Waals surface area contributed by atoms with Crippen molar-refractivity contribution in [3.05, 3.63) is 28.0 Å². The molecule has 2 rings (SSSR count). The lowest BCUT2D eigenvalue weighted by molar-refractivity contribution is -0.131. The summed E-state index contributed by atoms with van der Waals surface area (Å²) < 4.78 is 0. The van der Waals surface area contributed by atoms with Crippen LogP contribution in [-0.2, 0) is 16.1 Å². The van der Waals surface area contributed by atoms with Gasteiger partial charge in [0.2, 0.25) is 5.91 Å². The van der Waals surface area contributed by atoms with E-state index in [1.807, 2.05) is 12.1 Å². The molecular formula is C13H16N2O3S. The van der Waals surface area contributed by atoms with Crippen molar-refractivity contribution >= 4 is 29.3 Å². The molecular weight excluding hydrogens is 264 g/mol. The van der Waals surface area contributed by atoms with Crippen LogP contribution >= 0.6 is 11.3 Å². The monoisotopic (exact) mass is 280 g/mol. The molecule has 0 aliphatic carbocycles. The van der Waals surface area contributed by atoms with Crippen molar-refractivity contribution in [2.75, 3.05) is 19.6 Å². The van der Waals surface area contributed by atoms with E-state index in [0.717, 1.165) is 30.6 Å². The highest BCUT2D eigenvalue weighted by Gasteiger charge is 2.13. The van der Waals surface area contributed by atoms with Gasteiger partial charge in [0.25, 0.3) is 0 Å². The fourth-order valence-corrected chi connectivity index (χ4v) is 2.87. The fraction of sp³-hybridized carbons (Fsp3) is 0.385. The second-order valence-electron chi connectivity index (χ2n) is 4.35. The maximum absolute atomic E-state index is 11.2. The van der Waals surface area contributed by atoms with Crippen LogP contribution in [0.3, 0.4) is 0 Å². The molecule has 5 nitrogen and oxygen atoms in total. The highest BCUT2D eigenvalue weighted by Crippen LogP contribution is 2.20. The van der Waals surface area contributed by atoms with Crippen LogP contribution in [0.15, 0.2) is 18.2 Å². The quantitative estimate of drug-likeness (QED) is 0.812. The summed E-state index contributed by atoms with van der Waals surface area (Å²) in [7, 11) is 0. The number of carboxylic acids is 1. The first-order valence-corrected chi connectivity index (χ1v) is 6.94.